The van der Waals surface area contributed by atoms with E-state index in [2.05, 4.69) is 20.8 Å². The summed E-state index contributed by atoms with van der Waals surface area (Å²) in [4.78, 5) is 24.8. The molecule has 0 aliphatic heterocycles. The standard InChI is InChI=1S/C20H21ClF3N5O2S/c21-14-4-13(20(22,23)24)8-29-16(14)27-28-18(29)32-9-15(30)25-17(31)26-19-5-10-1-11(6-19)3-12(2-10)7-19/h4,8,10-12H,1-3,5-7,9H2,(H2,25,26,30,31). The minimum atomic E-state index is -4.59. The van der Waals surface area contributed by atoms with Crippen LogP contribution in [0.15, 0.2) is 17.4 Å². The Morgan fingerprint density at radius 2 is 1.78 bits per heavy atom. The zero-order valence-corrected chi connectivity index (χ0v) is 18.5. The SMILES string of the molecule is O=C(CSc1nnc2c(Cl)cc(C(F)(F)F)cn12)NC(=O)NC12CC3CC(CC(C3)C1)C2. The Morgan fingerprint density at radius 3 is 2.38 bits per heavy atom. The Morgan fingerprint density at radius 1 is 1.16 bits per heavy atom. The highest BCUT2D eigenvalue weighted by Crippen LogP contribution is 2.55. The van der Waals surface area contributed by atoms with Crippen molar-refractivity contribution in [2.75, 3.05) is 5.75 Å². The van der Waals surface area contributed by atoms with Crippen LogP contribution in [0.2, 0.25) is 5.02 Å². The Bertz CT molecular complexity index is 1050. The molecule has 0 saturated heterocycles. The molecule has 4 aliphatic carbocycles. The lowest BCUT2D eigenvalue weighted by Gasteiger charge is -2.56. The Hall–Kier alpha value is -2.01. The largest absolute Gasteiger partial charge is 0.417 e. The fourth-order valence-electron chi connectivity index (χ4n) is 6.02. The first-order chi connectivity index (χ1) is 15.1. The number of carbonyl (C=O) groups is 2. The number of fused-ring (bicyclic) bond motifs is 1. The van der Waals surface area contributed by atoms with Crippen LogP contribution >= 0.6 is 23.4 Å². The molecule has 2 N–H and O–H groups in total. The number of nitrogens with one attached hydrogen (secondary N) is 2. The maximum atomic E-state index is 13.1. The Kier molecular flexibility index (Phi) is 5.31. The predicted molar refractivity (Wildman–Crippen MR) is 111 cm³/mol. The summed E-state index contributed by atoms with van der Waals surface area (Å²) in [6, 6.07) is 0.257. The highest BCUT2D eigenvalue weighted by atomic mass is 35.5. The Balaban J connectivity index is 1.20. The van der Waals surface area contributed by atoms with E-state index in [4.69, 9.17) is 11.6 Å². The maximum Gasteiger partial charge on any atom is 0.417 e. The number of aromatic nitrogens is 3. The fraction of sp³-hybridized carbons (Fsp3) is 0.600. The quantitative estimate of drug-likeness (QED) is 0.628. The molecule has 2 aromatic heterocycles. The van der Waals surface area contributed by atoms with Crippen LogP contribution in [0.4, 0.5) is 18.0 Å². The van der Waals surface area contributed by atoms with Gasteiger partial charge in [-0.25, -0.2) is 4.79 Å². The highest BCUT2D eigenvalue weighted by Gasteiger charge is 2.51. The van der Waals surface area contributed by atoms with Crippen molar-refractivity contribution >= 4 is 40.9 Å². The topological polar surface area (TPSA) is 88.4 Å². The molecule has 4 bridgehead atoms. The normalized spacial score (nSPS) is 28.8. The van der Waals surface area contributed by atoms with Gasteiger partial charge in [0.15, 0.2) is 10.8 Å². The third-order valence-electron chi connectivity index (χ3n) is 6.76. The van der Waals surface area contributed by atoms with E-state index in [9.17, 15) is 22.8 Å². The molecular formula is C20H21ClF3N5O2S. The monoisotopic (exact) mass is 487 g/mol. The van der Waals surface area contributed by atoms with Gasteiger partial charge in [-0.15, -0.1) is 10.2 Å². The predicted octanol–water partition coefficient (Wildman–Crippen LogP) is 4.29. The zero-order valence-electron chi connectivity index (χ0n) is 16.9. The molecule has 4 saturated carbocycles. The molecule has 0 unspecified atom stereocenters. The first kappa shape index (κ1) is 21.8. The number of imide groups is 1. The van der Waals surface area contributed by atoms with E-state index in [1.54, 1.807) is 0 Å². The third kappa shape index (κ3) is 4.16. The van der Waals surface area contributed by atoms with Crippen molar-refractivity contribution in [3.63, 3.8) is 0 Å². The van der Waals surface area contributed by atoms with Gasteiger partial charge < -0.3 is 5.32 Å². The van der Waals surface area contributed by atoms with Crippen molar-refractivity contribution in [3.8, 4) is 0 Å². The van der Waals surface area contributed by atoms with Crippen molar-refractivity contribution in [1.82, 2.24) is 25.2 Å². The summed E-state index contributed by atoms with van der Waals surface area (Å²) in [6.45, 7) is 0. The molecule has 0 spiro atoms. The van der Waals surface area contributed by atoms with Gasteiger partial charge in [0.05, 0.1) is 16.3 Å². The molecule has 0 aromatic carbocycles. The van der Waals surface area contributed by atoms with E-state index < -0.39 is 23.7 Å². The molecule has 7 nitrogen and oxygen atoms in total. The van der Waals surface area contributed by atoms with Crippen LogP contribution in [0.25, 0.3) is 5.65 Å². The summed E-state index contributed by atoms with van der Waals surface area (Å²) in [6.07, 6.45) is 2.85. The summed E-state index contributed by atoms with van der Waals surface area (Å²) in [5.74, 6) is 1.20. The van der Waals surface area contributed by atoms with E-state index >= 15 is 0 Å². The number of pyridine rings is 1. The van der Waals surface area contributed by atoms with Gasteiger partial charge in [0.2, 0.25) is 5.91 Å². The molecule has 3 amide bonds. The van der Waals surface area contributed by atoms with Gasteiger partial charge in [-0.05, 0) is 62.3 Å². The van der Waals surface area contributed by atoms with Crippen LogP contribution in [0, 0.1) is 17.8 Å². The van der Waals surface area contributed by atoms with Crippen LogP contribution in [0.3, 0.4) is 0 Å². The lowest BCUT2D eigenvalue weighted by Crippen LogP contribution is -2.61. The van der Waals surface area contributed by atoms with Crippen LogP contribution in [0.5, 0.6) is 0 Å². The number of rotatable bonds is 4. The molecule has 2 aromatic rings. The third-order valence-corrected chi connectivity index (χ3v) is 7.98. The van der Waals surface area contributed by atoms with Crippen LogP contribution in [0.1, 0.15) is 44.1 Å². The summed E-state index contributed by atoms with van der Waals surface area (Å²) < 4.78 is 40.3. The molecule has 12 heteroatoms. The second-order valence-corrected chi connectivity index (χ2v) is 10.6. The van der Waals surface area contributed by atoms with Gasteiger partial charge in [0.25, 0.3) is 0 Å². The Labute approximate surface area is 190 Å². The summed E-state index contributed by atoms with van der Waals surface area (Å²) in [7, 11) is 0. The van der Waals surface area contributed by atoms with E-state index in [1.807, 2.05) is 0 Å². The van der Waals surface area contributed by atoms with Crippen molar-refractivity contribution in [3.05, 3.63) is 22.8 Å². The van der Waals surface area contributed by atoms with Gasteiger partial charge in [0, 0.05) is 11.7 Å². The van der Waals surface area contributed by atoms with Gasteiger partial charge in [-0.1, -0.05) is 23.4 Å². The number of urea groups is 1. The van der Waals surface area contributed by atoms with Crippen molar-refractivity contribution < 1.29 is 22.8 Å². The second-order valence-electron chi connectivity index (χ2n) is 9.24. The van der Waals surface area contributed by atoms with Gasteiger partial charge >= 0.3 is 12.2 Å². The average Bonchev–Trinajstić information content (AvgIpc) is 3.07. The van der Waals surface area contributed by atoms with E-state index in [1.165, 1.54) is 19.3 Å². The van der Waals surface area contributed by atoms with Crippen molar-refractivity contribution in [2.45, 2.75) is 55.4 Å². The number of amides is 3. The number of hydrogen-bond donors (Lipinski definition) is 2. The number of halogens is 4. The minimum absolute atomic E-state index is 0.0575. The maximum absolute atomic E-state index is 13.1. The summed E-state index contributed by atoms with van der Waals surface area (Å²) in [5.41, 5.74) is -1.11. The lowest BCUT2D eigenvalue weighted by molar-refractivity contribution is -0.137. The number of hydrogen-bond acceptors (Lipinski definition) is 5. The van der Waals surface area contributed by atoms with E-state index in [0.717, 1.165) is 47.7 Å². The molecule has 4 fully saturated rings. The fourth-order valence-corrected chi connectivity index (χ4v) is 6.97. The molecular weight excluding hydrogens is 467 g/mol. The molecule has 0 radical (unpaired) electrons. The summed E-state index contributed by atoms with van der Waals surface area (Å²) >= 11 is 6.77. The molecule has 172 valence electrons. The molecule has 2 heterocycles. The van der Waals surface area contributed by atoms with Gasteiger partial charge in [-0.3, -0.25) is 14.5 Å². The number of nitrogens with zero attached hydrogens (tertiary/aromatic N) is 3. The van der Waals surface area contributed by atoms with E-state index in [-0.39, 0.29) is 27.1 Å². The first-order valence-corrected chi connectivity index (χ1v) is 11.8. The molecule has 0 atom stereocenters. The number of thioether (sulfide) groups is 1. The minimum Gasteiger partial charge on any atom is -0.332 e. The summed E-state index contributed by atoms with van der Waals surface area (Å²) in [5, 5.41) is 12.9. The van der Waals surface area contributed by atoms with Crippen molar-refractivity contribution in [2.24, 2.45) is 17.8 Å². The average molecular weight is 488 g/mol. The zero-order chi connectivity index (χ0) is 22.7. The van der Waals surface area contributed by atoms with E-state index in [0.29, 0.717) is 17.8 Å². The molecule has 4 aliphatic rings. The van der Waals surface area contributed by atoms with Gasteiger partial charge in [-0.2, -0.15) is 13.2 Å². The van der Waals surface area contributed by atoms with Crippen LogP contribution in [-0.2, 0) is 11.0 Å². The van der Waals surface area contributed by atoms with Crippen molar-refractivity contribution in [1.29, 1.82) is 0 Å². The van der Waals surface area contributed by atoms with Crippen LogP contribution in [-0.4, -0.2) is 37.8 Å². The lowest BCUT2D eigenvalue weighted by atomic mass is 9.53. The number of alkyl halides is 3. The first-order valence-electron chi connectivity index (χ1n) is 10.5. The highest BCUT2D eigenvalue weighted by molar-refractivity contribution is 7.99. The molecule has 6 rings (SSSR count). The smallest absolute Gasteiger partial charge is 0.332 e. The van der Waals surface area contributed by atoms with Crippen LogP contribution < -0.4 is 10.6 Å². The number of carbonyl (C=O) groups excluding carboxylic acids is 2. The second kappa shape index (κ2) is 7.79. The molecule has 32 heavy (non-hydrogen) atoms. The van der Waals surface area contributed by atoms with Gasteiger partial charge in [0.1, 0.15) is 0 Å².